The lowest BCUT2D eigenvalue weighted by molar-refractivity contribution is 0.0820. The molecule has 1 aliphatic heterocycles. The summed E-state index contributed by atoms with van der Waals surface area (Å²) in [6.45, 7) is 0.532. The van der Waals surface area contributed by atoms with Crippen LogP contribution in [0.1, 0.15) is 21.5 Å². The highest BCUT2D eigenvalue weighted by Gasteiger charge is 2.26. The summed E-state index contributed by atoms with van der Waals surface area (Å²) in [4.78, 5) is 14.9. The fraction of sp³-hybridized carbons (Fsp3) is 0.318. The molecule has 0 bridgehead atoms. The van der Waals surface area contributed by atoms with E-state index in [-0.39, 0.29) is 5.91 Å². The maximum atomic E-state index is 13.2. The average Bonchev–Trinajstić information content (AvgIpc) is 2.89. The molecular formula is C22H25NO5. The SMILES string of the molecule is COc1ccc(CCN2C=CCc3ccc(OC)c(OC)c3C2=O)cc1OC. The van der Waals surface area contributed by atoms with Gasteiger partial charge in [0.25, 0.3) is 5.91 Å². The van der Waals surface area contributed by atoms with Crippen LogP contribution in [0.25, 0.3) is 0 Å². The molecule has 1 amide bonds. The zero-order valence-corrected chi connectivity index (χ0v) is 16.7. The first-order chi connectivity index (χ1) is 13.6. The number of fused-ring (bicyclic) bond motifs is 1. The van der Waals surface area contributed by atoms with Crippen LogP contribution in [0.2, 0.25) is 0 Å². The standard InChI is InChI=1S/C22H25NO5/c1-25-17-9-7-15(14-19(17)27-3)11-13-23-12-5-6-16-8-10-18(26-2)21(28-4)20(16)22(23)24/h5,7-10,12,14H,6,11,13H2,1-4H3. The van der Waals surface area contributed by atoms with Gasteiger partial charge in [-0.2, -0.15) is 0 Å². The molecule has 6 heteroatoms. The van der Waals surface area contributed by atoms with Gasteiger partial charge in [0, 0.05) is 12.7 Å². The summed E-state index contributed by atoms with van der Waals surface area (Å²) < 4.78 is 21.5. The molecule has 2 aromatic carbocycles. The molecule has 0 aromatic heterocycles. The van der Waals surface area contributed by atoms with Crippen LogP contribution in [0.15, 0.2) is 42.6 Å². The Bertz CT molecular complexity index is 891. The summed E-state index contributed by atoms with van der Waals surface area (Å²) in [7, 11) is 6.34. The van der Waals surface area contributed by atoms with Crippen LogP contribution in [0, 0.1) is 0 Å². The maximum absolute atomic E-state index is 13.2. The topological polar surface area (TPSA) is 57.2 Å². The molecule has 28 heavy (non-hydrogen) atoms. The number of hydrogen-bond donors (Lipinski definition) is 0. The van der Waals surface area contributed by atoms with Crippen LogP contribution >= 0.6 is 0 Å². The van der Waals surface area contributed by atoms with Crippen molar-refractivity contribution in [3.8, 4) is 23.0 Å². The zero-order valence-electron chi connectivity index (χ0n) is 16.7. The van der Waals surface area contributed by atoms with Crippen molar-refractivity contribution in [2.45, 2.75) is 12.8 Å². The predicted octanol–water partition coefficient (Wildman–Crippen LogP) is 3.48. The van der Waals surface area contributed by atoms with Crippen molar-refractivity contribution >= 4 is 5.91 Å². The number of benzene rings is 2. The smallest absolute Gasteiger partial charge is 0.262 e. The van der Waals surface area contributed by atoms with Crippen molar-refractivity contribution in [2.75, 3.05) is 35.0 Å². The van der Waals surface area contributed by atoms with E-state index in [9.17, 15) is 4.79 Å². The van der Waals surface area contributed by atoms with Gasteiger partial charge in [-0.25, -0.2) is 0 Å². The summed E-state index contributed by atoms with van der Waals surface area (Å²) in [6, 6.07) is 9.53. The van der Waals surface area contributed by atoms with Crippen LogP contribution in [0.5, 0.6) is 23.0 Å². The molecule has 2 aromatic rings. The third kappa shape index (κ3) is 3.76. The van der Waals surface area contributed by atoms with Crippen LogP contribution in [0.3, 0.4) is 0 Å². The minimum absolute atomic E-state index is 0.0972. The number of carbonyl (C=O) groups is 1. The van der Waals surface area contributed by atoms with Crippen LogP contribution in [-0.2, 0) is 12.8 Å². The van der Waals surface area contributed by atoms with Gasteiger partial charge in [-0.15, -0.1) is 0 Å². The molecule has 0 fully saturated rings. The number of amides is 1. The molecule has 3 rings (SSSR count). The Morgan fingerprint density at radius 3 is 2.29 bits per heavy atom. The van der Waals surface area contributed by atoms with E-state index in [4.69, 9.17) is 18.9 Å². The third-order valence-corrected chi connectivity index (χ3v) is 4.82. The molecule has 0 saturated carbocycles. The largest absolute Gasteiger partial charge is 0.493 e. The fourth-order valence-electron chi connectivity index (χ4n) is 3.35. The first-order valence-electron chi connectivity index (χ1n) is 9.05. The second-order valence-corrected chi connectivity index (χ2v) is 6.36. The number of ether oxygens (including phenoxy) is 4. The molecule has 0 saturated heterocycles. The van der Waals surface area contributed by atoms with Gasteiger partial charge in [-0.1, -0.05) is 18.2 Å². The van der Waals surface area contributed by atoms with Gasteiger partial charge in [0.2, 0.25) is 0 Å². The molecule has 0 radical (unpaired) electrons. The van der Waals surface area contributed by atoms with Gasteiger partial charge in [0.05, 0.1) is 34.0 Å². The lowest BCUT2D eigenvalue weighted by Crippen LogP contribution is -2.28. The van der Waals surface area contributed by atoms with E-state index < -0.39 is 0 Å². The minimum atomic E-state index is -0.0972. The molecule has 1 aliphatic rings. The number of rotatable bonds is 7. The average molecular weight is 383 g/mol. The Hall–Kier alpha value is -3.15. The number of carbonyl (C=O) groups excluding carboxylic acids is 1. The van der Waals surface area contributed by atoms with Gasteiger partial charge < -0.3 is 23.8 Å². The molecule has 148 valence electrons. The summed E-state index contributed by atoms with van der Waals surface area (Å²) in [5, 5.41) is 0. The fourth-order valence-corrected chi connectivity index (χ4v) is 3.35. The molecule has 0 N–H and O–H groups in total. The van der Waals surface area contributed by atoms with Gasteiger partial charge in [-0.05, 0) is 42.2 Å². The normalized spacial score (nSPS) is 13.0. The van der Waals surface area contributed by atoms with E-state index in [1.807, 2.05) is 42.6 Å². The van der Waals surface area contributed by atoms with Crippen molar-refractivity contribution in [3.05, 3.63) is 59.3 Å². The van der Waals surface area contributed by atoms with Crippen LogP contribution < -0.4 is 18.9 Å². The number of allylic oxidation sites excluding steroid dienone is 1. The van der Waals surface area contributed by atoms with Gasteiger partial charge in [-0.3, -0.25) is 4.79 Å². The van der Waals surface area contributed by atoms with Gasteiger partial charge in [0.15, 0.2) is 23.0 Å². The molecule has 0 atom stereocenters. The Labute approximate surface area is 165 Å². The van der Waals surface area contributed by atoms with E-state index in [1.54, 1.807) is 33.3 Å². The van der Waals surface area contributed by atoms with E-state index in [0.29, 0.717) is 47.9 Å². The van der Waals surface area contributed by atoms with Crippen molar-refractivity contribution in [1.29, 1.82) is 0 Å². The Kier molecular flexibility index (Phi) is 6.09. The van der Waals surface area contributed by atoms with Crippen molar-refractivity contribution < 1.29 is 23.7 Å². The third-order valence-electron chi connectivity index (χ3n) is 4.82. The highest BCUT2D eigenvalue weighted by Crippen LogP contribution is 2.36. The summed E-state index contributed by atoms with van der Waals surface area (Å²) in [5.74, 6) is 2.29. The van der Waals surface area contributed by atoms with Crippen molar-refractivity contribution in [1.82, 2.24) is 4.90 Å². The highest BCUT2D eigenvalue weighted by atomic mass is 16.5. The van der Waals surface area contributed by atoms with E-state index in [0.717, 1.165) is 11.1 Å². The van der Waals surface area contributed by atoms with Crippen molar-refractivity contribution in [3.63, 3.8) is 0 Å². The van der Waals surface area contributed by atoms with Gasteiger partial charge in [0.1, 0.15) is 0 Å². The first-order valence-corrected chi connectivity index (χ1v) is 9.05. The molecular weight excluding hydrogens is 358 g/mol. The summed E-state index contributed by atoms with van der Waals surface area (Å²) in [6.07, 6.45) is 5.17. The van der Waals surface area contributed by atoms with Crippen LogP contribution in [-0.4, -0.2) is 45.8 Å². The quantitative estimate of drug-likeness (QED) is 0.733. The highest BCUT2D eigenvalue weighted by molar-refractivity contribution is 6.00. The number of nitrogens with zero attached hydrogens (tertiary/aromatic N) is 1. The number of hydrogen-bond acceptors (Lipinski definition) is 5. The lowest BCUT2D eigenvalue weighted by Gasteiger charge is -2.21. The predicted molar refractivity (Wildman–Crippen MR) is 107 cm³/mol. The molecule has 0 spiro atoms. The second kappa shape index (κ2) is 8.69. The molecule has 1 heterocycles. The summed E-state index contributed by atoms with van der Waals surface area (Å²) in [5.41, 5.74) is 2.53. The second-order valence-electron chi connectivity index (χ2n) is 6.36. The zero-order chi connectivity index (χ0) is 20.1. The maximum Gasteiger partial charge on any atom is 0.262 e. The van der Waals surface area contributed by atoms with E-state index in [1.165, 1.54) is 0 Å². The first kappa shape index (κ1) is 19.6. The number of methoxy groups -OCH3 is 4. The van der Waals surface area contributed by atoms with E-state index >= 15 is 0 Å². The summed E-state index contributed by atoms with van der Waals surface area (Å²) >= 11 is 0. The monoisotopic (exact) mass is 383 g/mol. The van der Waals surface area contributed by atoms with Gasteiger partial charge >= 0.3 is 0 Å². The molecule has 0 aliphatic carbocycles. The van der Waals surface area contributed by atoms with Crippen molar-refractivity contribution in [2.24, 2.45) is 0 Å². The Morgan fingerprint density at radius 2 is 1.61 bits per heavy atom. The van der Waals surface area contributed by atoms with Crippen LogP contribution in [0.4, 0.5) is 0 Å². The minimum Gasteiger partial charge on any atom is -0.493 e. The lowest BCUT2D eigenvalue weighted by atomic mass is 10.0. The Morgan fingerprint density at radius 1 is 0.893 bits per heavy atom. The van der Waals surface area contributed by atoms with E-state index in [2.05, 4.69) is 0 Å². The molecule has 0 unspecified atom stereocenters. The molecule has 6 nitrogen and oxygen atoms in total. The Balaban J connectivity index is 1.84.